The van der Waals surface area contributed by atoms with Gasteiger partial charge in [0.2, 0.25) is 21.6 Å². The van der Waals surface area contributed by atoms with E-state index in [9.17, 15) is 21.6 Å². The number of hydrogen-bond acceptors (Lipinski definition) is 7. The van der Waals surface area contributed by atoms with Gasteiger partial charge in [0.1, 0.15) is 17.2 Å². The van der Waals surface area contributed by atoms with E-state index < -0.39 is 26.7 Å². The molecule has 0 N–H and O–H groups in total. The summed E-state index contributed by atoms with van der Waals surface area (Å²) in [5, 5.41) is -0.457. The van der Waals surface area contributed by atoms with Crippen molar-refractivity contribution in [3.05, 3.63) is 60.2 Å². The predicted molar refractivity (Wildman–Crippen MR) is 99.7 cm³/mol. The third-order valence-electron chi connectivity index (χ3n) is 3.64. The fourth-order valence-electron chi connectivity index (χ4n) is 2.27. The van der Waals surface area contributed by atoms with Crippen LogP contribution in [0.5, 0.6) is 29.0 Å². The van der Waals surface area contributed by atoms with Crippen LogP contribution in [0.15, 0.2) is 59.8 Å². The summed E-state index contributed by atoms with van der Waals surface area (Å²) in [5.41, 5.74) is -0.820. The average molecular weight is 440 g/mol. The number of hydrogen-bond donors (Lipinski definition) is 0. The molecule has 2 aromatic carbocycles. The zero-order valence-electron chi connectivity index (χ0n) is 15.7. The highest BCUT2D eigenvalue weighted by atomic mass is 32.2. The molecule has 0 bridgehead atoms. The van der Waals surface area contributed by atoms with Crippen LogP contribution in [0, 0.1) is 0 Å². The van der Waals surface area contributed by atoms with Crippen molar-refractivity contribution in [2.45, 2.75) is 11.3 Å². The van der Waals surface area contributed by atoms with Crippen molar-refractivity contribution in [3.63, 3.8) is 0 Å². The summed E-state index contributed by atoms with van der Waals surface area (Å²) >= 11 is 0. The predicted octanol–water partition coefficient (Wildman–Crippen LogP) is 4.49. The monoisotopic (exact) mass is 440 g/mol. The van der Waals surface area contributed by atoms with Gasteiger partial charge in [-0.25, -0.2) is 8.42 Å². The van der Waals surface area contributed by atoms with Crippen molar-refractivity contribution in [3.8, 4) is 29.0 Å². The van der Waals surface area contributed by atoms with Gasteiger partial charge in [-0.1, -0.05) is 6.07 Å². The number of alkyl halides is 3. The Morgan fingerprint density at radius 1 is 0.833 bits per heavy atom. The van der Waals surface area contributed by atoms with E-state index in [0.717, 1.165) is 18.4 Å². The molecule has 0 unspecified atom stereocenters. The van der Waals surface area contributed by atoms with Gasteiger partial charge in [0.15, 0.2) is 0 Å². The van der Waals surface area contributed by atoms with Crippen molar-refractivity contribution in [1.82, 2.24) is 9.97 Å². The van der Waals surface area contributed by atoms with E-state index in [1.54, 1.807) is 0 Å². The summed E-state index contributed by atoms with van der Waals surface area (Å²) in [5.74, 6) is 0.529. The second-order valence-corrected chi connectivity index (χ2v) is 7.91. The maximum Gasteiger partial charge on any atom is 0.416 e. The molecular formula is C19H15F3N2O5S. The van der Waals surface area contributed by atoms with E-state index in [1.165, 1.54) is 49.6 Å². The normalized spacial score (nSPS) is 11.8. The summed E-state index contributed by atoms with van der Waals surface area (Å²) in [7, 11) is -2.37. The molecule has 0 atom stereocenters. The van der Waals surface area contributed by atoms with Crippen LogP contribution in [0.25, 0.3) is 0 Å². The van der Waals surface area contributed by atoms with Gasteiger partial charge in [0.25, 0.3) is 5.16 Å². The first-order valence-electron chi connectivity index (χ1n) is 8.31. The fourth-order valence-corrected chi connectivity index (χ4v) is 2.79. The Balaban J connectivity index is 1.77. The van der Waals surface area contributed by atoms with E-state index in [2.05, 4.69) is 9.97 Å². The number of halogens is 3. The molecule has 1 aromatic heterocycles. The molecule has 0 saturated heterocycles. The molecular weight excluding hydrogens is 425 g/mol. The molecule has 0 fully saturated rings. The largest absolute Gasteiger partial charge is 0.481 e. The van der Waals surface area contributed by atoms with Crippen LogP contribution < -0.4 is 14.2 Å². The van der Waals surface area contributed by atoms with Crippen molar-refractivity contribution in [2.75, 3.05) is 13.4 Å². The van der Waals surface area contributed by atoms with E-state index in [1.807, 2.05) is 0 Å². The molecule has 0 radical (unpaired) electrons. The minimum absolute atomic E-state index is 0.00456. The Bertz CT molecular complexity index is 1150. The van der Waals surface area contributed by atoms with Crippen molar-refractivity contribution < 1.29 is 35.8 Å². The van der Waals surface area contributed by atoms with Gasteiger partial charge in [-0.2, -0.15) is 23.1 Å². The van der Waals surface area contributed by atoms with Gasteiger partial charge in [-0.05, 0) is 42.5 Å². The summed E-state index contributed by atoms with van der Waals surface area (Å²) in [4.78, 5) is 7.58. The van der Waals surface area contributed by atoms with Gasteiger partial charge in [0, 0.05) is 6.26 Å². The molecule has 0 saturated carbocycles. The Kier molecular flexibility index (Phi) is 5.83. The van der Waals surface area contributed by atoms with Crippen LogP contribution in [-0.4, -0.2) is 31.8 Å². The maximum atomic E-state index is 12.8. The number of sulfone groups is 1. The first kappa shape index (κ1) is 21.4. The highest BCUT2D eigenvalue weighted by Crippen LogP contribution is 2.33. The molecule has 0 amide bonds. The lowest BCUT2D eigenvalue weighted by Gasteiger charge is -2.11. The summed E-state index contributed by atoms with van der Waals surface area (Å²) in [6, 6.07) is 11.7. The topological polar surface area (TPSA) is 87.6 Å². The zero-order chi connectivity index (χ0) is 21.9. The van der Waals surface area contributed by atoms with E-state index in [4.69, 9.17) is 14.2 Å². The Labute approximate surface area is 170 Å². The Morgan fingerprint density at radius 3 is 2.00 bits per heavy atom. The summed E-state index contributed by atoms with van der Waals surface area (Å²) in [6.07, 6.45) is -3.52. The van der Waals surface area contributed by atoms with E-state index >= 15 is 0 Å². The third-order valence-corrected chi connectivity index (χ3v) is 4.49. The fraction of sp³-hybridized carbons (Fsp3) is 0.158. The van der Waals surface area contributed by atoms with Crippen LogP contribution in [0.3, 0.4) is 0 Å². The van der Waals surface area contributed by atoms with Crippen LogP contribution in [0.1, 0.15) is 5.56 Å². The number of ether oxygens (including phenoxy) is 3. The minimum Gasteiger partial charge on any atom is -0.481 e. The molecule has 3 rings (SSSR count). The number of aromatic nitrogens is 2. The number of nitrogens with zero attached hydrogens (tertiary/aromatic N) is 2. The lowest BCUT2D eigenvalue weighted by atomic mass is 10.2. The van der Waals surface area contributed by atoms with E-state index in [0.29, 0.717) is 0 Å². The molecule has 0 spiro atoms. The molecule has 7 nitrogen and oxygen atoms in total. The Hall–Kier alpha value is -3.34. The molecule has 0 aliphatic carbocycles. The lowest BCUT2D eigenvalue weighted by molar-refractivity contribution is -0.137. The molecule has 30 heavy (non-hydrogen) atoms. The number of methoxy groups -OCH3 is 1. The lowest BCUT2D eigenvalue weighted by Crippen LogP contribution is -2.06. The minimum atomic E-state index is -4.47. The van der Waals surface area contributed by atoms with Gasteiger partial charge >= 0.3 is 6.18 Å². The van der Waals surface area contributed by atoms with Crippen LogP contribution in [-0.2, 0) is 16.0 Å². The number of benzene rings is 2. The summed E-state index contributed by atoms with van der Waals surface area (Å²) in [6.45, 7) is 0. The standard InChI is InChI=1S/C19H15F3N2O5S/c1-27-16-11-17(24-18(23-16)30(2,25)26)29-14-8-6-13(7-9-14)28-15-5-3-4-12(10-15)19(20,21)22/h3-11H,1-2H3. The van der Waals surface area contributed by atoms with Crippen LogP contribution in [0.4, 0.5) is 13.2 Å². The smallest absolute Gasteiger partial charge is 0.416 e. The zero-order valence-corrected chi connectivity index (χ0v) is 16.5. The van der Waals surface area contributed by atoms with Gasteiger partial charge in [-0.15, -0.1) is 0 Å². The van der Waals surface area contributed by atoms with Crippen molar-refractivity contribution >= 4 is 9.84 Å². The van der Waals surface area contributed by atoms with E-state index in [-0.39, 0.29) is 29.0 Å². The summed E-state index contributed by atoms with van der Waals surface area (Å²) < 4.78 is 77.7. The van der Waals surface area contributed by atoms with Crippen LogP contribution >= 0.6 is 0 Å². The molecule has 1 heterocycles. The van der Waals surface area contributed by atoms with Crippen molar-refractivity contribution in [1.29, 1.82) is 0 Å². The molecule has 3 aromatic rings. The molecule has 0 aliphatic heterocycles. The van der Waals surface area contributed by atoms with Gasteiger partial charge in [-0.3, -0.25) is 0 Å². The molecule has 158 valence electrons. The van der Waals surface area contributed by atoms with Gasteiger partial charge in [0.05, 0.1) is 18.7 Å². The molecule has 0 aliphatic rings. The Morgan fingerprint density at radius 2 is 1.43 bits per heavy atom. The highest BCUT2D eigenvalue weighted by Gasteiger charge is 2.30. The quantitative estimate of drug-likeness (QED) is 0.522. The number of rotatable bonds is 6. The van der Waals surface area contributed by atoms with Gasteiger partial charge < -0.3 is 14.2 Å². The van der Waals surface area contributed by atoms with Crippen molar-refractivity contribution in [2.24, 2.45) is 0 Å². The third kappa shape index (κ3) is 5.38. The SMILES string of the molecule is COc1cc(Oc2ccc(Oc3cccc(C(F)(F)F)c3)cc2)nc(S(C)(=O)=O)n1. The molecule has 11 heteroatoms. The first-order valence-corrected chi connectivity index (χ1v) is 10.2. The maximum absolute atomic E-state index is 12.8. The average Bonchev–Trinajstić information content (AvgIpc) is 2.68. The second-order valence-electron chi connectivity index (χ2n) is 6.00. The first-order chi connectivity index (χ1) is 14.0. The van der Waals surface area contributed by atoms with Crippen LogP contribution in [0.2, 0.25) is 0 Å². The highest BCUT2D eigenvalue weighted by molar-refractivity contribution is 7.90. The second kappa shape index (κ2) is 8.19.